The summed E-state index contributed by atoms with van der Waals surface area (Å²) in [6, 6.07) is 11.5. The molecule has 0 saturated heterocycles. The topological polar surface area (TPSA) is 54.0 Å². The van der Waals surface area contributed by atoms with E-state index in [0.29, 0.717) is 11.6 Å². The van der Waals surface area contributed by atoms with Gasteiger partial charge in [0, 0.05) is 23.1 Å². The van der Waals surface area contributed by atoms with Crippen LogP contribution in [0.2, 0.25) is 0 Å². The van der Waals surface area contributed by atoms with E-state index in [4.69, 9.17) is 0 Å². The Morgan fingerprint density at radius 1 is 1.13 bits per heavy atom. The lowest BCUT2D eigenvalue weighted by atomic mass is 10.0. The summed E-state index contributed by atoms with van der Waals surface area (Å²) in [7, 11) is 0. The smallest absolute Gasteiger partial charge is 0.274 e. The molecule has 0 radical (unpaired) electrons. The van der Waals surface area contributed by atoms with Gasteiger partial charge in [-0.05, 0) is 50.5 Å². The fourth-order valence-corrected chi connectivity index (χ4v) is 2.37. The third kappa shape index (κ3) is 4.81. The van der Waals surface area contributed by atoms with Gasteiger partial charge in [0.2, 0.25) is 0 Å². The molecular formula is C19H25N3O. The Morgan fingerprint density at radius 3 is 2.48 bits per heavy atom. The van der Waals surface area contributed by atoms with E-state index in [1.54, 1.807) is 12.3 Å². The minimum Gasteiger partial charge on any atom is -0.380 e. The predicted molar refractivity (Wildman–Crippen MR) is 96.1 cm³/mol. The molecule has 2 N–H and O–H groups in total. The molecule has 1 amide bonds. The third-order valence-corrected chi connectivity index (χ3v) is 3.34. The molecule has 122 valence electrons. The van der Waals surface area contributed by atoms with Gasteiger partial charge < -0.3 is 10.6 Å². The zero-order valence-electron chi connectivity index (χ0n) is 14.5. The highest BCUT2D eigenvalue weighted by molar-refractivity contribution is 6.03. The summed E-state index contributed by atoms with van der Waals surface area (Å²) in [6.07, 6.45) is 1.65. The molecule has 0 atom stereocenters. The number of anilines is 2. The lowest BCUT2D eigenvalue weighted by molar-refractivity contribution is 0.102. The maximum absolute atomic E-state index is 12.5. The number of para-hydroxylation sites is 1. The van der Waals surface area contributed by atoms with Crippen LogP contribution >= 0.6 is 0 Å². The summed E-state index contributed by atoms with van der Waals surface area (Å²) in [5, 5.41) is 6.32. The Labute approximate surface area is 138 Å². The normalized spacial score (nSPS) is 11.4. The first kappa shape index (κ1) is 17.0. The van der Waals surface area contributed by atoms with E-state index in [2.05, 4.69) is 50.2 Å². The number of carbonyl (C=O) groups excluding carboxylic acids is 1. The second-order valence-corrected chi connectivity index (χ2v) is 7.00. The molecule has 0 fully saturated rings. The van der Waals surface area contributed by atoms with Crippen molar-refractivity contribution in [1.82, 2.24) is 4.98 Å². The fourth-order valence-electron chi connectivity index (χ4n) is 2.37. The Morgan fingerprint density at radius 2 is 1.83 bits per heavy atom. The van der Waals surface area contributed by atoms with E-state index in [9.17, 15) is 4.79 Å². The summed E-state index contributed by atoms with van der Waals surface area (Å²) in [4.78, 5) is 16.7. The number of benzene rings is 1. The van der Waals surface area contributed by atoms with Crippen molar-refractivity contribution in [2.45, 2.75) is 46.1 Å². The molecule has 0 saturated carbocycles. The van der Waals surface area contributed by atoms with Crippen LogP contribution in [0.1, 0.15) is 56.6 Å². The molecule has 4 nitrogen and oxygen atoms in total. The molecule has 0 aliphatic carbocycles. The highest BCUT2D eigenvalue weighted by atomic mass is 16.1. The van der Waals surface area contributed by atoms with Gasteiger partial charge in [-0.2, -0.15) is 0 Å². The fraction of sp³-hybridized carbons (Fsp3) is 0.368. The molecule has 23 heavy (non-hydrogen) atoms. The largest absolute Gasteiger partial charge is 0.380 e. The highest BCUT2D eigenvalue weighted by Crippen LogP contribution is 2.24. The molecule has 2 aromatic rings. The van der Waals surface area contributed by atoms with Crippen molar-refractivity contribution in [2.24, 2.45) is 0 Å². The van der Waals surface area contributed by atoms with Crippen LogP contribution in [0, 0.1) is 0 Å². The second-order valence-electron chi connectivity index (χ2n) is 7.00. The van der Waals surface area contributed by atoms with Crippen molar-refractivity contribution >= 4 is 17.3 Å². The van der Waals surface area contributed by atoms with Crippen LogP contribution in [-0.2, 0) is 0 Å². The third-order valence-electron chi connectivity index (χ3n) is 3.34. The molecular weight excluding hydrogens is 286 g/mol. The zero-order chi connectivity index (χ0) is 17.0. The quantitative estimate of drug-likeness (QED) is 0.863. The summed E-state index contributed by atoms with van der Waals surface area (Å²) in [5.74, 6) is 0.143. The Hall–Kier alpha value is -2.36. The van der Waals surface area contributed by atoms with Gasteiger partial charge in [-0.1, -0.05) is 32.0 Å². The molecule has 0 bridgehead atoms. The average molecular weight is 311 g/mol. The van der Waals surface area contributed by atoms with Gasteiger partial charge in [-0.25, -0.2) is 0 Å². The van der Waals surface area contributed by atoms with Crippen molar-refractivity contribution in [3.05, 3.63) is 53.9 Å². The number of rotatable bonds is 4. The average Bonchev–Trinajstić information content (AvgIpc) is 2.46. The van der Waals surface area contributed by atoms with Gasteiger partial charge in [0.15, 0.2) is 0 Å². The molecule has 4 heteroatoms. The van der Waals surface area contributed by atoms with Crippen LogP contribution in [0.5, 0.6) is 0 Å². The zero-order valence-corrected chi connectivity index (χ0v) is 14.5. The van der Waals surface area contributed by atoms with Crippen molar-refractivity contribution in [2.75, 3.05) is 10.6 Å². The minimum atomic E-state index is -0.198. The van der Waals surface area contributed by atoms with E-state index < -0.39 is 0 Å². The minimum absolute atomic E-state index is 0.0701. The number of hydrogen-bond donors (Lipinski definition) is 2. The molecule has 2 rings (SSSR count). The van der Waals surface area contributed by atoms with E-state index in [1.165, 1.54) is 0 Å². The van der Waals surface area contributed by atoms with E-state index >= 15 is 0 Å². The van der Waals surface area contributed by atoms with Gasteiger partial charge in [-0.3, -0.25) is 9.78 Å². The van der Waals surface area contributed by atoms with Crippen LogP contribution in [0.4, 0.5) is 11.4 Å². The molecule has 0 aliphatic heterocycles. The molecule has 1 aromatic heterocycles. The van der Waals surface area contributed by atoms with Gasteiger partial charge in [0.05, 0.1) is 0 Å². The van der Waals surface area contributed by atoms with Crippen LogP contribution < -0.4 is 10.6 Å². The van der Waals surface area contributed by atoms with E-state index in [0.717, 1.165) is 16.9 Å². The molecule has 1 heterocycles. The maximum atomic E-state index is 12.5. The summed E-state index contributed by atoms with van der Waals surface area (Å²) in [5.41, 5.74) is 3.17. The monoisotopic (exact) mass is 311 g/mol. The van der Waals surface area contributed by atoms with Gasteiger partial charge >= 0.3 is 0 Å². The van der Waals surface area contributed by atoms with Gasteiger partial charge in [0.1, 0.15) is 5.69 Å². The van der Waals surface area contributed by atoms with Gasteiger partial charge in [0.25, 0.3) is 5.91 Å². The van der Waals surface area contributed by atoms with Crippen molar-refractivity contribution in [3.8, 4) is 0 Å². The number of carbonyl (C=O) groups is 1. The van der Waals surface area contributed by atoms with Crippen LogP contribution in [-0.4, -0.2) is 16.4 Å². The lowest BCUT2D eigenvalue weighted by Crippen LogP contribution is -2.26. The van der Waals surface area contributed by atoms with Crippen LogP contribution in [0.15, 0.2) is 42.6 Å². The summed E-state index contributed by atoms with van der Waals surface area (Å²) < 4.78 is 0. The Bertz CT molecular complexity index is 687. The standard InChI is InChI=1S/C19H25N3O/c1-13(2)15-8-6-7-9-16(15)21-18(23)17-12-14(10-11-20-17)22-19(3,4)5/h6-13H,1-5H3,(H,20,22)(H,21,23). The van der Waals surface area contributed by atoms with Gasteiger partial charge in [-0.15, -0.1) is 0 Å². The number of aromatic nitrogens is 1. The second kappa shape index (κ2) is 6.82. The Balaban J connectivity index is 2.20. The number of hydrogen-bond acceptors (Lipinski definition) is 3. The first-order valence-electron chi connectivity index (χ1n) is 7.91. The van der Waals surface area contributed by atoms with E-state index in [-0.39, 0.29) is 11.4 Å². The summed E-state index contributed by atoms with van der Waals surface area (Å²) >= 11 is 0. The van der Waals surface area contributed by atoms with Crippen LogP contribution in [0.3, 0.4) is 0 Å². The molecule has 0 unspecified atom stereocenters. The molecule has 0 aliphatic rings. The SMILES string of the molecule is CC(C)c1ccccc1NC(=O)c1cc(NC(C)(C)C)ccn1. The Kier molecular flexibility index (Phi) is 5.04. The predicted octanol–water partition coefficient (Wildman–Crippen LogP) is 4.67. The molecule has 1 aromatic carbocycles. The number of pyridine rings is 1. The van der Waals surface area contributed by atoms with Crippen molar-refractivity contribution in [3.63, 3.8) is 0 Å². The van der Waals surface area contributed by atoms with Crippen molar-refractivity contribution in [1.29, 1.82) is 0 Å². The van der Waals surface area contributed by atoms with E-state index in [1.807, 2.05) is 30.3 Å². The number of nitrogens with zero attached hydrogens (tertiary/aromatic N) is 1. The maximum Gasteiger partial charge on any atom is 0.274 e. The van der Waals surface area contributed by atoms with Crippen molar-refractivity contribution < 1.29 is 4.79 Å². The number of nitrogens with one attached hydrogen (secondary N) is 2. The summed E-state index contributed by atoms with van der Waals surface area (Å²) in [6.45, 7) is 10.4. The lowest BCUT2D eigenvalue weighted by Gasteiger charge is -2.22. The first-order chi connectivity index (χ1) is 10.8. The van der Waals surface area contributed by atoms with Crippen LogP contribution in [0.25, 0.3) is 0 Å². The first-order valence-corrected chi connectivity index (χ1v) is 7.91. The number of amides is 1. The molecule has 0 spiro atoms. The highest BCUT2D eigenvalue weighted by Gasteiger charge is 2.14.